The molecule has 6 N–H and O–H groups in total. The molecule has 6 aromatic rings. The Morgan fingerprint density at radius 2 is 1.18 bits per heavy atom. The first kappa shape index (κ1) is 47.2. The zero-order valence-electron chi connectivity index (χ0n) is 36.3. The average Bonchev–Trinajstić information content (AvgIpc) is 3.93. The van der Waals surface area contributed by atoms with E-state index in [1.165, 1.54) is 11.1 Å². The Morgan fingerprint density at radius 1 is 0.694 bits per heavy atom. The number of aromatic nitrogens is 2. The van der Waals surface area contributed by atoms with E-state index in [1.807, 2.05) is 48.8 Å². The number of carbonyl (C=O) groups is 1. The van der Waals surface area contributed by atoms with Gasteiger partial charge in [0, 0.05) is 80.0 Å². The highest BCUT2D eigenvalue weighted by Crippen LogP contribution is 2.39. The molecule has 8 rings (SSSR count). The van der Waals surface area contributed by atoms with Crippen LogP contribution in [0.3, 0.4) is 0 Å². The second kappa shape index (κ2) is 20.9. The molecule has 0 bridgehead atoms. The molecular weight excluding hydrogens is 856 g/mol. The van der Waals surface area contributed by atoms with Gasteiger partial charge in [-0.1, -0.05) is 70.8 Å². The number of nitrogens with two attached hydrogens (primary N) is 1. The lowest BCUT2D eigenvalue weighted by molar-refractivity contribution is 0.0972. The number of piperidine rings is 2. The molecule has 0 radical (unpaired) electrons. The molecule has 62 heavy (non-hydrogen) atoms. The van der Waals surface area contributed by atoms with Crippen LogP contribution in [0.25, 0.3) is 43.1 Å². The topological polar surface area (TPSA) is 137 Å². The van der Waals surface area contributed by atoms with E-state index in [2.05, 4.69) is 97.2 Å². The summed E-state index contributed by atoms with van der Waals surface area (Å²) in [5, 5.41) is 30.1. The lowest BCUT2D eigenvalue weighted by Gasteiger charge is -2.29. The minimum Gasteiger partial charge on any atom is -0.399 e. The predicted octanol–water partition coefficient (Wildman–Crippen LogP) is 12.2. The van der Waals surface area contributed by atoms with Crippen LogP contribution in [0.2, 0.25) is 10.0 Å². The molecular formula is C49H58Cl2N6O3S2. The molecule has 13 heteroatoms. The molecule has 0 spiro atoms. The predicted molar refractivity (Wildman–Crippen MR) is 262 cm³/mol. The van der Waals surface area contributed by atoms with Crippen molar-refractivity contribution in [3.05, 3.63) is 117 Å². The van der Waals surface area contributed by atoms with Gasteiger partial charge >= 0.3 is 6.03 Å². The number of nitrogens with zero attached hydrogens (tertiary/aromatic N) is 3. The summed E-state index contributed by atoms with van der Waals surface area (Å²) in [6.45, 7) is 16.1. The highest BCUT2D eigenvalue weighted by molar-refractivity contribution is 7.14. The van der Waals surface area contributed by atoms with E-state index in [9.17, 15) is 9.90 Å². The van der Waals surface area contributed by atoms with E-state index in [0.717, 1.165) is 69.3 Å². The second-order valence-corrected chi connectivity index (χ2v) is 20.5. The molecule has 2 aromatic carbocycles. The number of rotatable bonds is 5. The van der Waals surface area contributed by atoms with Gasteiger partial charge in [-0.15, -0.1) is 22.7 Å². The van der Waals surface area contributed by atoms with E-state index in [4.69, 9.17) is 34.0 Å². The number of nitrogen functional groups attached to an aromatic ring is 1. The number of amides is 2. The van der Waals surface area contributed by atoms with Gasteiger partial charge in [0.1, 0.15) is 0 Å². The van der Waals surface area contributed by atoms with Gasteiger partial charge in [0.25, 0.3) is 0 Å². The summed E-state index contributed by atoms with van der Waals surface area (Å²) < 4.78 is 0. The summed E-state index contributed by atoms with van der Waals surface area (Å²) >= 11 is 16.2. The van der Waals surface area contributed by atoms with Crippen LogP contribution in [-0.2, 0) is 10.8 Å². The maximum Gasteiger partial charge on any atom is 0.321 e. The lowest BCUT2D eigenvalue weighted by atomic mass is 9.90. The molecule has 0 unspecified atom stereocenters. The first-order chi connectivity index (χ1) is 29.4. The molecule has 0 aliphatic carbocycles. The quantitative estimate of drug-likeness (QED) is 0.109. The van der Waals surface area contributed by atoms with Crippen molar-refractivity contribution in [3.8, 4) is 43.1 Å². The molecule has 2 aliphatic heterocycles. The number of benzene rings is 2. The van der Waals surface area contributed by atoms with Crippen LogP contribution in [0.1, 0.15) is 78.6 Å². The molecule has 0 atom stereocenters. The Kier molecular flexibility index (Phi) is 15.9. The van der Waals surface area contributed by atoms with Gasteiger partial charge in [-0.25, -0.2) is 4.79 Å². The van der Waals surface area contributed by atoms with Gasteiger partial charge in [0.15, 0.2) is 0 Å². The number of nitrogens with one attached hydrogen (secondary N) is 2. The van der Waals surface area contributed by atoms with Crippen molar-refractivity contribution in [3.63, 3.8) is 0 Å². The Labute approximate surface area is 384 Å². The van der Waals surface area contributed by atoms with Crippen LogP contribution in [0.4, 0.5) is 16.2 Å². The van der Waals surface area contributed by atoms with Crippen LogP contribution >= 0.6 is 45.9 Å². The fraction of sp³-hybridized carbons (Fsp3) is 0.367. The molecule has 9 nitrogen and oxygen atoms in total. The Balaban J connectivity index is 0.000000185. The number of carbonyl (C=O) groups excluding carboxylic acids is 1. The molecule has 2 saturated heterocycles. The average molecular weight is 914 g/mol. The number of thiophene rings is 2. The van der Waals surface area contributed by atoms with Crippen molar-refractivity contribution >= 4 is 63.3 Å². The Bertz CT molecular complexity index is 2420. The summed E-state index contributed by atoms with van der Waals surface area (Å²) in [6.07, 6.45) is 6.49. The largest absolute Gasteiger partial charge is 0.399 e. The first-order valence-electron chi connectivity index (χ1n) is 21.0. The van der Waals surface area contributed by atoms with E-state index in [1.54, 1.807) is 39.7 Å². The van der Waals surface area contributed by atoms with Gasteiger partial charge in [0.2, 0.25) is 0 Å². The van der Waals surface area contributed by atoms with Crippen LogP contribution < -0.4 is 16.4 Å². The molecule has 2 aliphatic rings. The van der Waals surface area contributed by atoms with Crippen molar-refractivity contribution in [2.24, 2.45) is 0 Å². The Morgan fingerprint density at radius 3 is 1.63 bits per heavy atom. The molecule has 2 fully saturated rings. The minimum absolute atomic E-state index is 0.00750. The monoisotopic (exact) mass is 912 g/mol. The van der Waals surface area contributed by atoms with Gasteiger partial charge in [0.05, 0.1) is 22.3 Å². The van der Waals surface area contributed by atoms with E-state index in [0.29, 0.717) is 47.4 Å². The van der Waals surface area contributed by atoms with E-state index in [-0.39, 0.29) is 29.1 Å². The molecule has 4 aromatic heterocycles. The summed E-state index contributed by atoms with van der Waals surface area (Å²) in [4.78, 5) is 25.4. The third-order valence-electron chi connectivity index (χ3n) is 10.7. The van der Waals surface area contributed by atoms with Crippen molar-refractivity contribution in [2.75, 3.05) is 37.2 Å². The van der Waals surface area contributed by atoms with Gasteiger partial charge in [-0.05, 0) is 139 Å². The molecule has 2 amide bonds. The summed E-state index contributed by atoms with van der Waals surface area (Å²) in [7, 11) is 0. The fourth-order valence-corrected chi connectivity index (χ4v) is 9.50. The SMILES string of the molecule is CC(C)(C)c1cc(-c2csc(-c3ccc(N)cc3Cl)c2)ccn1.CC(C)(C)c1cc(-c2csc(-c3ccc(NC(=O)N4CCC(O)CC4)cc3Cl)c2)ccn1.OC1CCNCC1. The van der Waals surface area contributed by atoms with Crippen molar-refractivity contribution in [2.45, 2.75) is 90.3 Å². The number of pyridine rings is 2. The summed E-state index contributed by atoms with van der Waals surface area (Å²) in [5.41, 5.74) is 15.9. The summed E-state index contributed by atoms with van der Waals surface area (Å²) in [5.74, 6) is 0. The molecule has 0 saturated carbocycles. The van der Waals surface area contributed by atoms with Crippen molar-refractivity contribution in [1.82, 2.24) is 20.2 Å². The van der Waals surface area contributed by atoms with Crippen LogP contribution in [0.15, 0.2) is 96.0 Å². The number of anilines is 2. The summed E-state index contributed by atoms with van der Waals surface area (Å²) in [6, 6.07) is 23.8. The normalized spacial score (nSPS) is 15.0. The maximum absolute atomic E-state index is 12.5. The highest BCUT2D eigenvalue weighted by Gasteiger charge is 2.22. The van der Waals surface area contributed by atoms with Gasteiger partial charge in [-0.2, -0.15) is 0 Å². The van der Waals surface area contributed by atoms with Crippen LogP contribution in [-0.4, -0.2) is 69.5 Å². The second-order valence-electron chi connectivity index (χ2n) is 17.8. The van der Waals surface area contributed by atoms with Crippen molar-refractivity contribution < 1.29 is 15.0 Å². The maximum atomic E-state index is 12.5. The number of halogens is 2. The number of aliphatic hydroxyl groups is 2. The van der Waals surface area contributed by atoms with Gasteiger partial charge < -0.3 is 31.5 Å². The van der Waals surface area contributed by atoms with Crippen LogP contribution in [0, 0.1) is 0 Å². The highest BCUT2D eigenvalue weighted by atomic mass is 35.5. The minimum atomic E-state index is -0.310. The van der Waals surface area contributed by atoms with Crippen molar-refractivity contribution in [1.29, 1.82) is 0 Å². The van der Waals surface area contributed by atoms with Gasteiger partial charge in [-0.3, -0.25) is 9.97 Å². The third kappa shape index (κ3) is 12.9. The number of hydrogen-bond acceptors (Lipinski definition) is 9. The first-order valence-corrected chi connectivity index (χ1v) is 23.5. The molecule has 328 valence electrons. The van der Waals surface area contributed by atoms with E-state index < -0.39 is 0 Å². The number of hydrogen-bond donors (Lipinski definition) is 5. The number of likely N-dealkylation sites (tertiary alicyclic amines) is 1. The molecule has 6 heterocycles. The smallest absolute Gasteiger partial charge is 0.321 e. The zero-order valence-corrected chi connectivity index (χ0v) is 39.5. The number of aliphatic hydroxyl groups excluding tert-OH is 2. The Hall–Kier alpha value is -4.33. The van der Waals surface area contributed by atoms with E-state index >= 15 is 0 Å². The standard InChI is InChI=1S/C25H28ClN3O2S.C19H19ClN2S.C5H11NO/c1-25(2,3)23-13-16(6-9-27-23)17-12-22(32-15-17)20-5-4-18(14-21(20)26)28-24(31)29-10-7-19(30)8-11-29;1-19(2,3)18-9-12(6-7-22-18)13-8-17(23-11-13)15-5-4-14(21)10-16(15)20;7-5-1-3-6-4-2-5/h4-6,9,12-15,19,30H,7-8,10-11H2,1-3H3,(H,28,31);4-11H,21H2,1-3H3;5-7H,1-4H2. The van der Waals surface area contributed by atoms with Crippen LogP contribution in [0.5, 0.6) is 0 Å². The number of urea groups is 1. The third-order valence-corrected chi connectivity index (χ3v) is 13.3. The fourth-order valence-electron chi connectivity index (χ4n) is 6.90. The zero-order chi connectivity index (χ0) is 44.6. The lowest BCUT2D eigenvalue weighted by Crippen LogP contribution is -2.42.